The maximum absolute atomic E-state index is 11.9. The van der Waals surface area contributed by atoms with Crippen LogP contribution in [0.25, 0.3) is 0 Å². The summed E-state index contributed by atoms with van der Waals surface area (Å²) < 4.78 is 34.2. The molecule has 120 valence electrons. The number of rotatable bonds is 10. The summed E-state index contributed by atoms with van der Waals surface area (Å²) in [4.78, 5) is 0. The van der Waals surface area contributed by atoms with Gasteiger partial charge in [-0.1, -0.05) is 26.0 Å². The molecule has 0 saturated carbocycles. The molecule has 0 aliphatic heterocycles. The second kappa shape index (κ2) is 9.68. The summed E-state index contributed by atoms with van der Waals surface area (Å²) >= 11 is 0. The molecular formula is C16H25F2NO2. The Labute approximate surface area is 125 Å². The lowest BCUT2D eigenvalue weighted by molar-refractivity contribution is 0.0183. The molecule has 1 aromatic carbocycles. The van der Waals surface area contributed by atoms with E-state index in [9.17, 15) is 8.78 Å². The number of halogens is 2. The first kappa shape index (κ1) is 17.9. The number of alkyl halides is 2. The molecule has 3 nitrogen and oxygen atoms in total. The predicted octanol–water partition coefficient (Wildman–Crippen LogP) is 3.65. The zero-order valence-corrected chi connectivity index (χ0v) is 12.9. The molecule has 1 unspecified atom stereocenters. The van der Waals surface area contributed by atoms with Crippen molar-refractivity contribution in [2.24, 2.45) is 5.92 Å². The van der Waals surface area contributed by atoms with Crippen LogP contribution >= 0.6 is 0 Å². The van der Waals surface area contributed by atoms with E-state index < -0.39 is 13.0 Å². The third kappa shape index (κ3) is 7.97. The Bertz CT molecular complexity index is 382. The minimum absolute atomic E-state index is 0.138. The van der Waals surface area contributed by atoms with Gasteiger partial charge in [-0.05, 0) is 30.5 Å². The summed E-state index contributed by atoms with van der Waals surface area (Å²) in [6.45, 7) is 7.26. The lowest BCUT2D eigenvalue weighted by atomic mass is 10.1. The Morgan fingerprint density at radius 3 is 2.29 bits per heavy atom. The number of nitrogens with one attached hydrogen (secondary N) is 1. The van der Waals surface area contributed by atoms with Crippen molar-refractivity contribution in [3.63, 3.8) is 0 Å². The highest BCUT2D eigenvalue weighted by Crippen LogP contribution is 2.18. The van der Waals surface area contributed by atoms with E-state index in [0.717, 1.165) is 11.3 Å². The lowest BCUT2D eigenvalue weighted by Gasteiger charge is -2.15. The Morgan fingerprint density at radius 2 is 1.71 bits per heavy atom. The number of hydrogen-bond donors (Lipinski definition) is 1. The topological polar surface area (TPSA) is 30.5 Å². The molecule has 0 aliphatic carbocycles. The first-order valence-corrected chi connectivity index (χ1v) is 7.31. The molecule has 5 heteroatoms. The van der Waals surface area contributed by atoms with E-state index in [1.807, 2.05) is 31.2 Å². The van der Waals surface area contributed by atoms with Crippen LogP contribution in [-0.2, 0) is 4.74 Å². The van der Waals surface area contributed by atoms with Gasteiger partial charge in [-0.25, -0.2) is 8.78 Å². The monoisotopic (exact) mass is 301 g/mol. The van der Waals surface area contributed by atoms with Gasteiger partial charge in [-0.3, -0.25) is 0 Å². The molecule has 21 heavy (non-hydrogen) atoms. The number of hydrogen-bond acceptors (Lipinski definition) is 3. The van der Waals surface area contributed by atoms with Crippen molar-refractivity contribution < 1.29 is 18.3 Å². The van der Waals surface area contributed by atoms with E-state index in [0.29, 0.717) is 19.1 Å². The average Bonchev–Trinajstić information content (AvgIpc) is 2.44. The molecule has 0 radical (unpaired) electrons. The maximum Gasteiger partial charge on any atom is 0.261 e. The van der Waals surface area contributed by atoms with Crippen LogP contribution < -0.4 is 10.1 Å². The largest absolute Gasteiger partial charge is 0.493 e. The van der Waals surface area contributed by atoms with Crippen LogP contribution in [0.2, 0.25) is 0 Å². The minimum atomic E-state index is -2.40. The van der Waals surface area contributed by atoms with Gasteiger partial charge < -0.3 is 14.8 Å². The summed E-state index contributed by atoms with van der Waals surface area (Å²) in [7, 11) is 0. The quantitative estimate of drug-likeness (QED) is 0.669. The second-order valence-electron chi connectivity index (χ2n) is 5.42. The molecule has 1 aromatic rings. The Kier molecular flexibility index (Phi) is 8.23. The Morgan fingerprint density at radius 1 is 1.05 bits per heavy atom. The zero-order valence-electron chi connectivity index (χ0n) is 12.9. The number of benzene rings is 1. The van der Waals surface area contributed by atoms with Crippen LogP contribution in [0.1, 0.15) is 32.4 Å². The predicted molar refractivity (Wildman–Crippen MR) is 80.0 cm³/mol. The van der Waals surface area contributed by atoms with Crippen molar-refractivity contribution in [1.82, 2.24) is 5.32 Å². The highest BCUT2D eigenvalue weighted by atomic mass is 19.3. The highest BCUT2D eigenvalue weighted by Gasteiger charge is 2.06. The van der Waals surface area contributed by atoms with Crippen molar-refractivity contribution in [3.05, 3.63) is 29.8 Å². The van der Waals surface area contributed by atoms with Gasteiger partial charge >= 0.3 is 0 Å². The molecule has 0 spiro atoms. The fourth-order valence-corrected chi connectivity index (χ4v) is 1.75. The van der Waals surface area contributed by atoms with Crippen LogP contribution in [0.15, 0.2) is 24.3 Å². The van der Waals surface area contributed by atoms with Crippen molar-refractivity contribution >= 4 is 0 Å². The molecule has 0 aliphatic rings. The lowest BCUT2D eigenvalue weighted by Crippen LogP contribution is -2.24. The molecule has 0 saturated heterocycles. The van der Waals surface area contributed by atoms with Crippen LogP contribution in [0.3, 0.4) is 0 Å². The third-order valence-corrected chi connectivity index (χ3v) is 2.90. The third-order valence-electron chi connectivity index (χ3n) is 2.90. The van der Waals surface area contributed by atoms with E-state index in [1.165, 1.54) is 0 Å². The normalized spacial score (nSPS) is 12.9. The van der Waals surface area contributed by atoms with Gasteiger partial charge in [0.25, 0.3) is 6.43 Å². The number of ether oxygens (including phenoxy) is 2. The molecule has 1 atom stereocenters. The summed E-state index contributed by atoms with van der Waals surface area (Å²) in [6, 6.07) is 8.05. The van der Waals surface area contributed by atoms with Crippen molar-refractivity contribution in [1.29, 1.82) is 0 Å². The van der Waals surface area contributed by atoms with Gasteiger partial charge in [-0.2, -0.15) is 0 Å². The summed E-state index contributed by atoms with van der Waals surface area (Å²) in [6.07, 6.45) is -2.40. The molecule has 0 amide bonds. The Hall–Kier alpha value is -1.20. The van der Waals surface area contributed by atoms with E-state index in [4.69, 9.17) is 9.47 Å². The average molecular weight is 301 g/mol. The minimum Gasteiger partial charge on any atom is -0.493 e. The highest BCUT2D eigenvalue weighted by molar-refractivity contribution is 5.28. The van der Waals surface area contributed by atoms with Gasteiger partial charge in [0.15, 0.2) is 0 Å². The summed E-state index contributed by atoms with van der Waals surface area (Å²) in [5.41, 5.74) is 1.13. The molecule has 1 rings (SSSR count). The fourth-order valence-electron chi connectivity index (χ4n) is 1.75. The van der Waals surface area contributed by atoms with Crippen LogP contribution in [0.4, 0.5) is 8.78 Å². The SMILES string of the molecule is CC(C)COc1ccc(C(C)NCCOCC(F)F)cc1. The zero-order chi connectivity index (χ0) is 15.7. The van der Waals surface area contributed by atoms with E-state index in [-0.39, 0.29) is 12.6 Å². The fraction of sp³-hybridized carbons (Fsp3) is 0.625. The van der Waals surface area contributed by atoms with Crippen molar-refractivity contribution in [2.75, 3.05) is 26.4 Å². The molecule has 1 N–H and O–H groups in total. The molecule has 0 aromatic heterocycles. The first-order valence-electron chi connectivity index (χ1n) is 7.31. The smallest absolute Gasteiger partial charge is 0.261 e. The van der Waals surface area contributed by atoms with E-state index >= 15 is 0 Å². The molecule has 0 fully saturated rings. The van der Waals surface area contributed by atoms with E-state index in [1.54, 1.807) is 0 Å². The standard InChI is InChI=1S/C16H25F2NO2/c1-12(2)10-21-15-6-4-14(5-7-15)13(3)19-8-9-20-11-16(17)18/h4-7,12-13,16,19H,8-11H2,1-3H3. The first-order chi connectivity index (χ1) is 9.99. The summed E-state index contributed by atoms with van der Waals surface area (Å²) in [5.74, 6) is 1.36. The van der Waals surface area contributed by atoms with Gasteiger partial charge in [0, 0.05) is 12.6 Å². The van der Waals surface area contributed by atoms with Crippen molar-refractivity contribution in [2.45, 2.75) is 33.2 Å². The summed E-state index contributed by atoms with van der Waals surface area (Å²) in [5, 5.41) is 3.23. The molecule has 0 heterocycles. The maximum atomic E-state index is 11.9. The Balaban J connectivity index is 2.29. The van der Waals surface area contributed by atoms with E-state index in [2.05, 4.69) is 19.2 Å². The second-order valence-corrected chi connectivity index (χ2v) is 5.42. The van der Waals surface area contributed by atoms with Crippen LogP contribution in [0, 0.1) is 5.92 Å². The van der Waals surface area contributed by atoms with Gasteiger partial charge in [0.05, 0.1) is 13.2 Å². The van der Waals surface area contributed by atoms with Crippen molar-refractivity contribution in [3.8, 4) is 5.75 Å². The van der Waals surface area contributed by atoms with Gasteiger partial charge in [0.2, 0.25) is 0 Å². The molecule has 0 bridgehead atoms. The van der Waals surface area contributed by atoms with Crippen LogP contribution in [0.5, 0.6) is 5.75 Å². The van der Waals surface area contributed by atoms with Crippen LogP contribution in [-0.4, -0.2) is 32.8 Å². The van der Waals surface area contributed by atoms with Gasteiger partial charge in [0.1, 0.15) is 12.4 Å². The molecular weight excluding hydrogens is 276 g/mol. The van der Waals surface area contributed by atoms with Gasteiger partial charge in [-0.15, -0.1) is 0 Å².